The normalized spacial score (nSPS) is 10.4. The fourth-order valence-electron chi connectivity index (χ4n) is 1.57. The minimum Gasteiger partial charge on any atom is -0.490 e. The van der Waals surface area contributed by atoms with Crippen molar-refractivity contribution in [3.05, 3.63) is 29.8 Å². The van der Waals surface area contributed by atoms with Crippen LogP contribution in [-0.2, 0) is 14.3 Å². The van der Waals surface area contributed by atoms with Crippen LogP contribution in [0.2, 0.25) is 0 Å². The molecule has 0 amide bonds. The van der Waals surface area contributed by atoms with E-state index < -0.39 is 18.5 Å². The molecular weight excluding hydrogens is 276 g/mol. The Hall–Kier alpha value is -2.50. The van der Waals surface area contributed by atoms with Gasteiger partial charge in [-0.2, -0.15) is 0 Å². The Balaban J connectivity index is 3.02. The maximum Gasteiger partial charge on any atom is 0.341 e. The number of carboxylic acid groups (broad SMARTS) is 1. The van der Waals surface area contributed by atoms with Gasteiger partial charge >= 0.3 is 11.9 Å². The minimum absolute atomic E-state index is 0.280. The highest BCUT2D eigenvalue weighted by Gasteiger charge is 2.11. The van der Waals surface area contributed by atoms with Crippen molar-refractivity contribution < 1.29 is 28.9 Å². The number of benzene rings is 1. The second kappa shape index (κ2) is 8.63. The largest absolute Gasteiger partial charge is 0.490 e. The van der Waals surface area contributed by atoms with E-state index in [4.69, 9.17) is 19.3 Å². The molecule has 0 fully saturated rings. The molecule has 0 aliphatic heterocycles. The first-order valence-corrected chi connectivity index (χ1v) is 6.53. The third kappa shape index (κ3) is 5.56. The zero-order valence-electron chi connectivity index (χ0n) is 12.0. The molecule has 0 radical (unpaired) electrons. The van der Waals surface area contributed by atoms with Gasteiger partial charge in [-0.05, 0) is 26.0 Å². The molecule has 6 nitrogen and oxygen atoms in total. The van der Waals surface area contributed by atoms with Crippen LogP contribution in [-0.4, -0.2) is 36.9 Å². The number of rotatable bonds is 8. The number of aliphatic carboxylic acids is 1. The molecule has 0 saturated carbocycles. The Kier molecular flexibility index (Phi) is 6.80. The van der Waals surface area contributed by atoms with E-state index in [1.165, 1.54) is 12.2 Å². The van der Waals surface area contributed by atoms with Gasteiger partial charge in [-0.25, -0.2) is 9.59 Å². The Labute approximate surface area is 122 Å². The third-order valence-corrected chi connectivity index (χ3v) is 2.33. The van der Waals surface area contributed by atoms with Gasteiger partial charge in [0.05, 0.1) is 13.2 Å². The molecule has 114 valence electrons. The van der Waals surface area contributed by atoms with Crippen LogP contribution in [0.15, 0.2) is 24.3 Å². The van der Waals surface area contributed by atoms with Crippen LogP contribution in [0, 0.1) is 0 Å². The average molecular weight is 294 g/mol. The van der Waals surface area contributed by atoms with Crippen LogP contribution in [0.1, 0.15) is 19.4 Å². The first-order valence-electron chi connectivity index (χ1n) is 6.53. The maximum absolute atomic E-state index is 11.3. The summed E-state index contributed by atoms with van der Waals surface area (Å²) in [6, 6.07) is 5.08. The quantitative estimate of drug-likeness (QED) is 0.584. The molecule has 0 unspecified atom stereocenters. The van der Waals surface area contributed by atoms with Crippen LogP contribution in [0.4, 0.5) is 0 Å². The van der Waals surface area contributed by atoms with E-state index in [1.807, 2.05) is 6.92 Å². The van der Waals surface area contributed by atoms with E-state index in [1.54, 1.807) is 25.1 Å². The summed E-state index contributed by atoms with van der Waals surface area (Å²) >= 11 is 0. The first-order chi connectivity index (χ1) is 10.1. The van der Waals surface area contributed by atoms with Crippen molar-refractivity contribution in [2.24, 2.45) is 0 Å². The van der Waals surface area contributed by atoms with Gasteiger partial charge in [0.2, 0.25) is 0 Å². The van der Waals surface area contributed by atoms with Crippen LogP contribution >= 0.6 is 0 Å². The van der Waals surface area contributed by atoms with Crippen molar-refractivity contribution in [1.29, 1.82) is 0 Å². The molecule has 0 saturated heterocycles. The highest BCUT2D eigenvalue weighted by atomic mass is 16.5. The van der Waals surface area contributed by atoms with Gasteiger partial charge in [0.15, 0.2) is 18.1 Å². The molecule has 0 atom stereocenters. The SMILES string of the molecule is CCOC(=O)C=Cc1cccc(OCC)c1OCC(=O)O. The van der Waals surface area contributed by atoms with Gasteiger partial charge in [-0.15, -0.1) is 0 Å². The Morgan fingerprint density at radius 3 is 2.57 bits per heavy atom. The van der Waals surface area contributed by atoms with E-state index >= 15 is 0 Å². The van der Waals surface area contributed by atoms with E-state index in [9.17, 15) is 9.59 Å². The lowest BCUT2D eigenvalue weighted by Crippen LogP contribution is -2.11. The summed E-state index contributed by atoms with van der Waals surface area (Å²) in [6.07, 6.45) is 2.75. The lowest BCUT2D eigenvalue weighted by molar-refractivity contribution is -0.139. The summed E-state index contributed by atoms with van der Waals surface area (Å²) < 4.78 is 15.4. The number of hydrogen-bond acceptors (Lipinski definition) is 5. The van der Waals surface area contributed by atoms with Gasteiger partial charge in [-0.1, -0.05) is 12.1 Å². The number of hydrogen-bond donors (Lipinski definition) is 1. The van der Waals surface area contributed by atoms with Gasteiger partial charge in [-0.3, -0.25) is 0 Å². The molecule has 0 spiro atoms. The van der Waals surface area contributed by atoms with E-state index in [2.05, 4.69) is 0 Å². The molecule has 1 rings (SSSR count). The fourth-order valence-corrected chi connectivity index (χ4v) is 1.57. The summed E-state index contributed by atoms with van der Waals surface area (Å²) in [4.78, 5) is 22.0. The lowest BCUT2D eigenvalue weighted by atomic mass is 10.1. The molecule has 0 heterocycles. The number of carboxylic acids is 1. The molecular formula is C15H18O6. The van der Waals surface area contributed by atoms with Gasteiger partial charge < -0.3 is 19.3 Å². The van der Waals surface area contributed by atoms with Crippen molar-refractivity contribution in [2.45, 2.75) is 13.8 Å². The van der Waals surface area contributed by atoms with Crippen LogP contribution < -0.4 is 9.47 Å². The molecule has 0 aromatic heterocycles. The van der Waals surface area contributed by atoms with Gasteiger partial charge in [0.1, 0.15) is 0 Å². The second-order valence-corrected chi connectivity index (χ2v) is 3.88. The molecule has 0 aliphatic rings. The van der Waals surface area contributed by atoms with Crippen molar-refractivity contribution in [2.75, 3.05) is 19.8 Å². The van der Waals surface area contributed by atoms with Crippen molar-refractivity contribution in [1.82, 2.24) is 0 Å². The zero-order valence-corrected chi connectivity index (χ0v) is 12.0. The van der Waals surface area contributed by atoms with Crippen molar-refractivity contribution >= 4 is 18.0 Å². The number of ether oxygens (including phenoxy) is 3. The van der Waals surface area contributed by atoms with Crippen molar-refractivity contribution in [3.63, 3.8) is 0 Å². The highest BCUT2D eigenvalue weighted by molar-refractivity contribution is 5.87. The highest BCUT2D eigenvalue weighted by Crippen LogP contribution is 2.32. The van der Waals surface area contributed by atoms with Gasteiger partial charge in [0.25, 0.3) is 0 Å². The average Bonchev–Trinajstić information content (AvgIpc) is 2.44. The topological polar surface area (TPSA) is 82.1 Å². The van der Waals surface area contributed by atoms with Gasteiger partial charge in [0, 0.05) is 11.6 Å². The van der Waals surface area contributed by atoms with E-state index in [-0.39, 0.29) is 12.4 Å². The molecule has 1 N–H and O–H groups in total. The molecule has 21 heavy (non-hydrogen) atoms. The zero-order chi connectivity index (χ0) is 15.7. The molecule has 6 heteroatoms. The summed E-state index contributed by atoms with van der Waals surface area (Å²) in [5.41, 5.74) is 0.537. The Morgan fingerprint density at radius 2 is 1.95 bits per heavy atom. The van der Waals surface area contributed by atoms with Crippen LogP contribution in [0.5, 0.6) is 11.5 Å². The first kappa shape index (κ1) is 16.6. The maximum atomic E-state index is 11.3. The Bertz CT molecular complexity index is 521. The fraction of sp³-hybridized carbons (Fsp3) is 0.333. The standard InChI is InChI=1S/C15H18O6/c1-3-19-12-7-5-6-11(8-9-14(18)20-4-2)15(12)21-10-13(16)17/h5-9H,3-4,10H2,1-2H3,(H,16,17). The second-order valence-electron chi connectivity index (χ2n) is 3.88. The molecule has 0 aliphatic carbocycles. The van der Waals surface area contributed by atoms with E-state index in [0.717, 1.165) is 0 Å². The minimum atomic E-state index is -1.10. The molecule has 1 aromatic rings. The summed E-state index contributed by atoms with van der Waals surface area (Å²) in [6.45, 7) is 3.72. The summed E-state index contributed by atoms with van der Waals surface area (Å²) in [5, 5.41) is 8.72. The lowest BCUT2D eigenvalue weighted by Gasteiger charge is -2.13. The van der Waals surface area contributed by atoms with Crippen LogP contribution in [0.25, 0.3) is 6.08 Å². The number of para-hydroxylation sites is 1. The van der Waals surface area contributed by atoms with E-state index in [0.29, 0.717) is 17.9 Å². The predicted molar refractivity (Wildman–Crippen MR) is 76.4 cm³/mol. The molecule has 0 bridgehead atoms. The molecule has 1 aromatic carbocycles. The number of carbonyl (C=O) groups is 2. The van der Waals surface area contributed by atoms with Crippen molar-refractivity contribution in [3.8, 4) is 11.5 Å². The Morgan fingerprint density at radius 1 is 1.19 bits per heavy atom. The van der Waals surface area contributed by atoms with Crippen LogP contribution in [0.3, 0.4) is 0 Å². The summed E-state index contributed by atoms with van der Waals surface area (Å²) in [7, 11) is 0. The smallest absolute Gasteiger partial charge is 0.341 e. The summed E-state index contributed by atoms with van der Waals surface area (Å²) in [5.74, 6) is -0.878. The monoisotopic (exact) mass is 294 g/mol. The number of esters is 1. The predicted octanol–water partition coefficient (Wildman–Crippen LogP) is 2.12. The number of carbonyl (C=O) groups excluding carboxylic acids is 1. The third-order valence-electron chi connectivity index (χ3n) is 2.33.